The van der Waals surface area contributed by atoms with Gasteiger partial charge in [0.2, 0.25) is 0 Å². The Morgan fingerprint density at radius 3 is 2.68 bits per heavy atom. The van der Waals surface area contributed by atoms with Crippen LogP contribution in [0.4, 0.5) is 11.4 Å². The SMILES string of the molecule is CC(C)CNc1ccc(C(=O)Nc2ccccc2C#N)nc1. The van der Waals surface area contributed by atoms with E-state index in [1.807, 2.05) is 12.1 Å². The molecule has 0 aliphatic heterocycles. The number of nitriles is 1. The zero-order valence-corrected chi connectivity index (χ0v) is 12.6. The summed E-state index contributed by atoms with van der Waals surface area (Å²) in [6, 6.07) is 12.4. The Hall–Kier alpha value is -2.87. The third-order valence-electron chi connectivity index (χ3n) is 3.01. The van der Waals surface area contributed by atoms with Gasteiger partial charge in [-0.25, -0.2) is 4.98 Å². The van der Waals surface area contributed by atoms with Gasteiger partial charge in [0, 0.05) is 6.54 Å². The lowest BCUT2D eigenvalue weighted by Crippen LogP contribution is -2.15. The van der Waals surface area contributed by atoms with Gasteiger partial charge in [0.05, 0.1) is 23.1 Å². The number of nitrogens with zero attached hydrogens (tertiary/aromatic N) is 2. The topological polar surface area (TPSA) is 77.8 Å². The van der Waals surface area contributed by atoms with Crippen molar-refractivity contribution in [1.29, 1.82) is 5.26 Å². The maximum absolute atomic E-state index is 12.2. The minimum Gasteiger partial charge on any atom is -0.384 e. The summed E-state index contributed by atoms with van der Waals surface area (Å²) in [4.78, 5) is 16.3. The minimum absolute atomic E-state index is 0.308. The molecule has 0 bridgehead atoms. The van der Waals surface area contributed by atoms with E-state index in [2.05, 4.69) is 29.5 Å². The summed E-state index contributed by atoms with van der Waals surface area (Å²) in [5.74, 6) is 0.198. The van der Waals surface area contributed by atoms with Crippen LogP contribution in [0.3, 0.4) is 0 Å². The number of nitrogens with one attached hydrogen (secondary N) is 2. The number of hydrogen-bond donors (Lipinski definition) is 2. The van der Waals surface area contributed by atoms with Crippen LogP contribution in [0.5, 0.6) is 0 Å². The molecule has 1 aromatic heterocycles. The fourth-order valence-electron chi connectivity index (χ4n) is 1.83. The van der Waals surface area contributed by atoms with Crippen LogP contribution >= 0.6 is 0 Å². The molecular weight excluding hydrogens is 276 g/mol. The highest BCUT2D eigenvalue weighted by atomic mass is 16.1. The van der Waals surface area contributed by atoms with Gasteiger partial charge >= 0.3 is 0 Å². The summed E-state index contributed by atoms with van der Waals surface area (Å²) in [6.45, 7) is 5.09. The summed E-state index contributed by atoms with van der Waals surface area (Å²) in [6.07, 6.45) is 1.63. The van der Waals surface area contributed by atoms with Crippen LogP contribution < -0.4 is 10.6 Å². The van der Waals surface area contributed by atoms with Crippen molar-refractivity contribution in [1.82, 2.24) is 4.98 Å². The van der Waals surface area contributed by atoms with E-state index in [1.165, 1.54) is 0 Å². The highest BCUT2D eigenvalue weighted by Crippen LogP contribution is 2.15. The normalized spacial score (nSPS) is 10.1. The molecule has 0 saturated carbocycles. The van der Waals surface area contributed by atoms with Gasteiger partial charge in [-0.3, -0.25) is 4.79 Å². The first-order chi connectivity index (χ1) is 10.6. The van der Waals surface area contributed by atoms with E-state index in [-0.39, 0.29) is 5.91 Å². The highest BCUT2D eigenvalue weighted by Gasteiger charge is 2.10. The van der Waals surface area contributed by atoms with Crippen molar-refractivity contribution in [2.45, 2.75) is 13.8 Å². The van der Waals surface area contributed by atoms with Gasteiger partial charge in [0.1, 0.15) is 11.8 Å². The number of amides is 1. The van der Waals surface area contributed by atoms with E-state index in [4.69, 9.17) is 5.26 Å². The molecule has 5 nitrogen and oxygen atoms in total. The first kappa shape index (κ1) is 15.5. The van der Waals surface area contributed by atoms with E-state index >= 15 is 0 Å². The molecule has 0 aliphatic rings. The zero-order valence-electron chi connectivity index (χ0n) is 12.6. The second-order valence-corrected chi connectivity index (χ2v) is 5.32. The number of hydrogen-bond acceptors (Lipinski definition) is 4. The van der Waals surface area contributed by atoms with Crippen LogP contribution in [0.2, 0.25) is 0 Å². The molecule has 0 radical (unpaired) electrons. The molecular formula is C17H18N4O. The van der Waals surface area contributed by atoms with Crippen molar-refractivity contribution >= 4 is 17.3 Å². The van der Waals surface area contributed by atoms with Crippen molar-refractivity contribution in [3.05, 3.63) is 53.9 Å². The average Bonchev–Trinajstić information content (AvgIpc) is 2.54. The monoisotopic (exact) mass is 294 g/mol. The van der Waals surface area contributed by atoms with Gasteiger partial charge in [-0.1, -0.05) is 26.0 Å². The van der Waals surface area contributed by atoms with Gasteiger partial charge in [0.25, 0.3) is 5.91 Å². The fourth-order valence-corrected chi connectivity index (χ4v) is 1.83. The quantitative estimate of drug-likeness (QED) is 0.887. The Morgan fingerprint density at radius 1 is 1.27 bits per heavy atom. The van der Waals surface area contributed by atoms with Crippen molar-refractivity contribution < 1.29 is 4.79 Å². The van der Waals surface area contributed by atoms with E-state index in [1.54, 1.807) is 36.5 Å². The van der Waals surface area contributed by atoms with Crippen molar-refractivity contribution in [3.63, 3.8) is 0 Å². The lowest BCUT2D eigenvalue weighted by atomic mass is 10.2. The molecule has 0 fully saturated rings. The molecule has 5 heteroatoms. The smallest absolute Gasteiger partial charge is 0.274 e. The van der Waals surface area contributed by atoms with Crippen LogP contribution in [0.15, 0.2) is 42.6 Å². The van der Waals surface area contributed by atoms with Crippen molar-refractivity contribution in [2.75, 3.05) is 17.2 Å². The Kier molecular flexibility index (Phi) is 5.10. The van der Waals surface area contributed by atoms with Gasteiger partial charge in [-0.2, -0.15) is 5.26 Å². The van der Waals surface area contributed by atoms with E-state index in [0.717, 1.165) is 12.2 Å². The van der Waals surface area contributed by atoms with Crippen LogP contribution in [0.1, 0.15) is 29.9 Å². The number of benzene rings is 1. The van der Waals surface area contributed by atoms with Gasteiger partial charge in [-0.15, -0.1) is 0 Å². The van der Waals surface area contributed by atoms with Gasteiger partial charge in [-0.05, 0) is 30.2 Å². The minimum atomic E-state index is -0.335. The summed E-state index contributed by atoms with van der Waals surface area (Å²) < 4.78 is 0. The van der Waals surface area contributed by atoms with Gasteiger partial charge < -0.3 is 10.6 Å². The molecule has 2 rings (SSSR count). The second kappa shape index (κ2) is 7.23. The number of carbonyl (C=O) groups is 1. The Labute approximate surface area is 130 Å². The molecule has 2 N–H and O–H groups in total. The van der Waals surface area contributed by atoms with Crippen LogP contribution in [-0.4, -0.2) is 17.4 Å². The number of carbonyl (C=O) groups excluding carboxylic acids is 1. The predicted molar refractivity (Wildman–Crippen MR) is 86.7 cm³/mol. The number of aromatic nitrogens is 1. The molecule has 0 saturated heterocycles. The van der Waals surface area contributed by atoms with Crippen LogP contribution in [0.25, 0.3) is 0 Å². The molecule has 22 heavy (non-hydrogen) atoms. The van der Waals surface area contributed by atoms with Crippen molar-refractivity contribution in [2.24, 2.45) is 5.92 Å². The molecule has 0 aliphatic carbocycles. The molecule has 112 valence electrons. The maximum atomic E-state index is 12.2. The molecule has 2 aromatic rings. The number of rotatable bonds is 5. The van der Waals surface area contributed by atoms with E-state index in [9.17, 15) is 4.79 Å². The number of pyridine rings is 1. The molecule has 0 spiro atoms. The molecule has 0 unspecified atom stereocenters. The first-order valence-corrected chi connectivity index (χ1v) is 7.10. The van der Waals surface area contributed by atoms with E-state index < -0.39 is 0 Å². The van der Waals surface area contributed by atoms with Crippen molar-refractivity contribution in [3.8, 4) is 6.07 Å². The van der Waals surface area contributed by atoms with Crippen LogP contribution in [0, 0.1) is 17.2 Å². The first-order valence-electron chi connectivity index (χ1n) is 7.10. The largest absolute Gasteiger partial charge is 0.384 e. The summed E-state index contributed by atoms with van der Waals surface area (Å²) in [7, 11) is 0. The molecule has 0 atom stereocenters. The third kappa shape index (κ3) is 4.06. The molecule has 1 aromatic carbocycles. The second-order valence-electron chi connectivity index (χ2n) is 5.32. The Balaban J connectivity index is 2.05. The lowest BCUT2D eigenvalue weighted by Gasteiger charge is -2.09. The standard InChI is InChI=1S/C17H18N4O/c1-12(2)10-19-14-7-8-16(20-11-14)17(22)21-15-6-4-3-5-13(15)9-18/h3-8,11-12,19H,10H2,1-2H3,(H,21,22). The zero-order chi connectivity index (χ0) is 15.9. The molecule has 1 heterocycles. The predicted octanol–water partition coefficient (Wildman–Crippen LogP) is 3.27. The number of anilines is 2. The fraction of sp³-hybridized carbons (Fsp3) is 0.235. The van der Waals surface area contributed by atoms with Crippen LogP contribution in [-0.2, 0) is 0 Å². The summed E-state index contributed by atoms with van der Waals surface area (Å²) in [5, 5.41) is 15.0. The summed E-state index contributed by atoms with van der Waals surface area (Å²) >= 11 is 0. The Morgan fingerprint density at radius 2 is 2.05 bits per heavy atom. The average molecular weight is 294 g/mol. The Bertz CT molecular complexity index is 687. The van der Waals surface area contributed by atoms with E-state index in [0.29, 0.717) is 22.9 Å². The third-order valence-corrected chi connectivity index (χ3v) is 3.01. The maximum Gasteiger partial charge on any atom is 0.274 e. The number of para-hydroxylation sites is 1. The lowest BCUT2D eigenvalue weighted by molar-refractivity contribution is 0.102. The molecule has 1 amide bonds. The summed E-state index contributed by atoms with van der Waals surface area (Å²) in [5.41, 5.74) is 2.09. The highest BCUT2D eigenvalue weighted by molar-refractivity contribution is 6.03. The van der Waals surface area contributed by atoms with Gasteiger partial charge in [0.15, 0.2) is 0 Å².